The van der Waals surface area contributed by atoms with E-state index in [0.29, 0.717) is 18.3 Å². The number of amides is 1. The zero-order valence-corrected chi connectivity index (χ0v) is 13.6. The summed E-state index contributed by atoms with van der Waals surface area (Å²) in [4.78, 5) is 11.9. The van der Waals surface area contributed by atoms with Crippen molar-refractivity contribution in [3.05, 3.63) is 0 Å². The topological polar surface area (TPSA) is 81.9 Å². The summed E-state index contributed by atoms with van der Waals surface area (Å²) in [7, 11) is 0. The third-order valence-electron chi connectivity index (χ3n) is 4.27. The number of carbonyl (C=O) groups excluding carboxylic acids is 1. The van der Waals surface area contributed by atoms with Crippen LogP contribution in [0.2, 0.25) is 0 Å². The highest BCUT2D eigenvalue weighted by Crippen LogP contribution is 2.30. The molecule has 22 heavy (non-hydrogen) atoms. The fraction of sp³-hybridized carbons (Fsp3) is 0.857. The summed E-state index contributed by atoms with van der Waals surface area (Å²) in [6.07, 6.45) is 8.33. The number of aromatic nitrogens is 4. The Morgan fingerprint density at radius 2 is 2.14 bits per heavy atom. The molecule has 7 nitrogen and oxygen atoms in total. The largest absolute Gasteiger partial charge is 0.376 e. The molecular formula is C14H23N5O2S. The number of nitrogens with zero attached hydrogens (tertiary/aromatic N) is 4. The third-order valence-corrected chi connectivity index (χ3v) is 5.20. The molecule has 0 bridgehead atoms. The van der Waals surface area contributed by atoms with Crippen LogP contribution in [0.5, 0.6) is 0 Å². The molecule has 0 spiro atoms. The van der Waals surface area contributed by atoms with Crippen LogP contribution < -0.4 is 5.32 Å². The fourth-order valence-electron chi connectivity index (χ4n) is 3.05. The van der Waals surface area contributed by atoms with Crippen LogP contribution in [-0.4, -0.2) is 51.1 Å². The van der Waals surface area contributed by atoms with Gasteiger partial charge in [-0.25, -0.2) is 4.68 Å². The first-order valence-corrected chi connectivity index (χ1v) is 9.10. The van der Waals surface area contributed by atoms with E-state index in [1.807, 2.05) is 4.68 Å². The van der Waals surface area contributed by atoms with E-state index in [2.05, 4.69) is 20.8 Å². The van der Waals surface area contributed by atoms with Crippen LogP contribution in [0, 0.1) is 0 Å². The smallest absolute Gasteiger partial charge is 0.230 e. The van der Waals surface area contributed by atoms with Crippen molar-refractivity contribution in [1.82, 2.24) is 25.5 Å². The number of hydrogen-bond donors (Lipinski definition) is 1. The molecule has 1 unspecified atom stereocenters. The second kappa shape index (κ2) is 7.92. The number of nitrogens with one attached hydrogen (secondary N) is 1. The van der Waals surface area contributed by atoms with Crippen molar-refractivity contribution < 1.29 is 9.53 Å². The zero-order chi connectivity index (χ0) is 15.2. The minimum absolute atomic E-state index is 0.0127. The Balaban J connectivity index is 1.44. The van der Waals surface area contributed by atoms with E-state index in [4.69, 9.17) is 4.74 Å². The first kappa shape index (κ1) is 15.7. The molecule has 1 aliphatic heterocycles. The van der Waals surface area contributed by atoms with Crippen molar-refractivity contribution in [3.63, 3.8) is 0 Å². The number of rotatable bonds is 6. The molecular weight excluding hydrogens is 302 g/mol. The van der Waals surface area contributed by atoms with Crippen LogP contribution in [0.4, 0.5) is 0 Å². The summed E-state index contributed by atoms with van der Waals surface area (Å²) < 4.78 is 7.39. The molecule has 0 aromatic carbocycles. The van der Waals surface area contributed by atoms with E-state index >= 15 is 0 Å². The van der Waals surface area contributed by atoms with Crippen molar-refractivity contribution in [1.29, 1.82) is 0 Å². The average molecular weight is 325 g/mol. The quantitative estimate of drug-likeness (QED) is 0.800. The number of hydrogen-bond acceptors (Lipinski definition) is 6. The van der Waals surface area contributed by atoms with E-state index in [1.165, 1.54) is 31.0 Å². The van der Waals surface area contributed by atoms with Gasteiger partial charge >= 0.3 is 0 Å². The lowest BCUT2D eigenvalue weighted by molar-refractivity contribution is -0.119. The molecule has 122 valence electrons. The van der Waals surface area contributed by atoms with Crippen molar-refractivity contribution in [2.24, 2.45) is 0 Å². The average Bonchev–Trinajstić information content (AvgIpc) is 3.23. The standard InChI is InChI=1S/C14H23N5O2S/c20-13(15-9-12-7-4-8-21-12)10-22-14-16-17-18-19(14)11-5-2-1-3-6-11/h11-12H,1-10H2,(H,15,20). The molecule has 1 saturated carbocycles. The predicted molar refractivity (Wildman–Crippen MR) is 82.6 cm³/mol. The van der Waals surface area contributed by atoms with E-state index in [-0.39, 0.29) is 12.0 Å². The Kier molecular flexibility index (Phi) is 5.66. The van der Waals surface area contributed by atoms with Gasteiger partial charge in [0.1, 0.15) is 0 Å². The van der Waals surface area contributed by atoms with Gasteiger partial charge in [-0.05, 0) is 36.1 Å². The second-order valence-electron chi connectivity index (χ2n) is 5.93. The monoisotopic (exact) mass is 325 g/mol. The highest BCUT2D eigenvalue weighted by atomic mass is 32.2. The van der Waals surface area contributed by atoms with Crippen LogP contribution in [0.1, 0.15) is 51.0 Å². The highest BCUT2D eigenvalue weighted by Gasteiger charge is 2.21. The lowest BCUT2D eigenvalue weighted by atomic mass is 9.96. The first-order chi connectivity index (χ1) is 10.8. The summed E-state index contributed by atoms with van der Waals surface area (Å²) in [6.45, 7) is 1.42. The third kappa shape index (κ3) is 4.19. The minimum Gasteiger partial charge on any atom is -0.376 e. The van der Waals surface area contributed by atoms with Gasteiger partial charge in [0.15, 0.2) is 0 Å². The summed E-state index contributed by atoms with van der Waals surface area (Å²) in [5.41, 5.74) is 0. The molecule has 1 atom stereocenters. The maximum absolute atomic E-state index is 11.9. The molecule has 3 rings (SSSR count). The molecule has 8 heteroatoms. The van der Waals surface area contributed by atoms with E-state index in [9.17, 15) is 4.79 Å². The zero-order valence-electron chi connectivity index (χ0n) is 12.7. The van der Waals surface area contributed by atoms with Crippen LogP contribution in [0.15, 0.2) is 5.16 Å². The van der Waals surface area contributed by atoms with Crippen LogP contribution in [0.25, 0.3) is 0 Å². The molecule has 0 radical (unpaired) electrons. The lowest BCUT2D eigenvalue weighted by Crippen LogP contribution is -2.33. The van der Waals surface area contributed by atoms with Crippen LogP contribution in [-0.2, 0) is 9.53 Å². The number of ether oxygens (including phenoxy) is 1. The molecule has 1 aromatic heterocycles. The summed E-state index contributed by atoms with van der Waals surface area (Å²) in [5.74, 6) is 0.360. The van der Waals surface area contributed by atoms with Gasteiger partial charge in [-0.1, -0.05) is 31.0 Å². The Labute approximate surface area is 134 Å². The molecule has 2 aliphatic rings. The molecule has 2 fully saturated rings. The van der Waals surface area contributed by atoms with E-state index in [1.54, 1.807) is 0 Å². The summed E-state index contributed by atoms with van der Waals surface area (Å²) >= 11 is 1.41. The molecule has 2 heterocycles. The van der Waals surface area contributed by atoms with Crippen molar-refractivity contribution >= 4 is 17.7 Å². The number of tetrazole rings is 1. The number of carbonyl (C=O) groups is 1. The predicted octanol–water partition coefficient (Wildman–Crippen LogP) is 1.57. The normalized spacial score (nSPS) is 22.8. The van der Waals surface area contributed by atoms with Gasteiger partial charge < -0.3 is 10.1 Å². The Hall–Kier alpha value is -1.15. The van der Waals surface area contributed by atoms with Crippen LogP contribution >= 0.6 is 11.8 Å². The van der Waals surface area contributed by atoms with Gasteiger partial charge in [-0.15, -0.1) is 5.10 Å². The van der Waals surface area contributed by atoms with Crippen LogP contribution in [0.3, 0.4) is 0 Å². The van der Waals surface area contributed by atoms with Crippen molar-refractivity contribution in [2.45, 2.75) is 62.2 Å². The maximum Gasteiger partial charge on any atom is 0.230 e. The van der Waals surface area contributed by atoms with Gasteiger partial charge in [-0.3, -0.25) is 4.79 Å². The summed E-state index contributed by atoms with van der Waals surface area (Å²) in [5, 5.41) is 15.6. The SMILES string of the molecule is O=C(CSc1nnnn1C1CCCCC1)NCC1CCCO1. The fourth-order valence-corrected chi connectivity index (χ4v) is 3.82. The number of thioether (sulfide) groups is 1. The van der Waals surface area contributed by atoms with Gasteiger partial charge in [0.25, 0.3) is 0 Å². The van der Waals surface area contributed by atoms with Crippen molar-refractivity contribution in [3.8, 4) is 0 Å². The Morgan fingerprint density at radius 1 is 1.27 bits per heavy atom. The maximum atomic E-state index is 11.9. The molecule has 1 amide bonds. The molecule has 1 saturated heterocycles. The Bertz CT molecular complexity index is 483. The van der Waals surface area contributed by atoms with Gasteiger partial charge in [0.05, 0.1) is 17.9 Å². The van der Waals surface area contributed by atoms with Gasteiger partial charge in [0.2, 0.25) is 11.1 Å². The molecule has 1 aliphatic carbocycles. The molecule has 1 aromatic rings. The highest BCUT2D eigenvalue weighted by molar-refractivity contribution is 7.99. The summed E-state index contributed by atoms with van der Waals surface area (Å²) in [6, 6.07) is 0.390. The van der Waals surface area contributed by atoms with E-state index < -0.39 is 0 Å². The molecule has 1 N–H and O–H groups in total. The minimum atomic E-state index is 0.0127. The lowest BCUT2D eigenvalue weighted by Gasteiger charge is -2.21. The second-order valence-corrected chi connectivity index (χ2v) is 6.87. The Morgan fingerprint density at radius 3 is 2.91 bits per heavy atom. The first-order valence-electron chi connectivity index (χ1n) is 8.12. The van der Waals surface area contributed by atoms with Crippen molar-refractivity contribution in [2.75, 3.05) is 18.9 Å². The van der Waals surface area contributed by atoms with Gasteiger partial charge in [-0.2, -0.15) is 0 Å². The van der Waals surface area contributed by atoms with E-state index in [0.717, 1.165) is 37.4 Å². The van der Waals surface area contributed by atoms with Gasteiger partial charge in [0, 0.05) is 13.2 Å².